The number of aromatic nitrogens is 1. The fourth-order valence-corrected chi connectivity index (χ4v) is 5.43. The summed E-state index contributed by atoms with van der Waals surface area (Å²) in [5, 5.41) is 0. The number of piperazine rings is 1. The molecule has 1 aliphatic rings. The maximum Gasteiger partial charge on any atom is 0.264 e. The second-order valence-corrected chi connectivity index (χ2v) is 9.38. The summed E-state index contributed by atoms with van der Waals surface area (Å²) in [4.78, 5) is 21.3. The van der Waals surface area contributed by atoms with E-state index in [1.54, 1.807) is 66.7 Å². The van der Waals surface area contributed by atoms with E-state index >= 15 is 0 Å². The summed E-state index contributed by atoms with van der Waals surface area (Å²) in [6.45, 7) is 4.66. The zero-order chi connectivity index (χ0) is 22.6. The van der Waals surface area contributed by atoms with Crippen molar-refractivity contribution < 1.29 is 13.2 Å². The molecule has 32 heavy (non-hydrogen) atoms. The molecule has 1 amide bonds. The maximum atomic E-state index is 13.3. The molecule has 0 bridgehead atoms. The van der Waals surface area contributed by atoms with Crippen molar-refractivity contribution in [1.29, 1.82) is 0 Å². The second kappa shape index (κ2) is 9.40. The van der Waals surface area contributed by atoms with Crippen LogP contribution in [0.3, 0.4) is 0 Å². The lowest BCUT2D eigenvalue weighted by atomic mass is 10.1. The molecule has 1 saturated heterocycles. The van der Waals surface area contributed by atoms with Gasteiger partial charge < -0.3 is 9.80 Å². The summed E-state index contributed by atoms with van der Waals surface area (Å²) >= 11 is 0. The van der Waals surface area contributed by atoms with Gasteiger partial charge in [-0.3, -0.25) is 14.1 Å². The van der Waals surface area contributed by atoms with E-state index in [4.69, 9.17) is 0 Å². The van der Waals surface area contributed by atoms with Crippen LogP contribution in [0, 0.1) is 0 Å². The number of hydrogen-bond acceptors (Lipinski definition) is 5. The highest BCUT2D eigenvalue weighted by molar-refractivity contribution is 7.92. The number of carbonyl (C=O) groups is 1. The topological polar surface area (TPSA) is 73.8 Å². The molecule has 4 rings (SSSR count). The number of nitrogens with zero attached hydrogens (tertiary/aromatic N) is 4. The smallest absolute Gasteiger partial charge is 0.264 e. The first kappa shape index (κ1) is 21.8. The summed E-state index contributed by atoms with van der Waals surface area (Å²) in [7, 11) is -3.79. The SMILES string of the molecule is CCN(c1ccccc1)S(=O)(=O)c1cccc(C(=O)N2CCN(c3ccncc3)CC2)c1. The third-order valence-corrected chi connectivity index (χ3v) is 7.49. The van der Waals surface area contributed by atoms with E-state index in [1.165, 1.54) is 10.4 Å². The van der Waals surface area contributed by atoms with Gasteiger partial charge >= 0.3 is 0 Å². The molecule has 0 aliphatic carbocycles. The lowest BCUT2D eigenvalue weighted by Crippen LogP contribution is -2.48. The van der Waals surface area contributed by atoms with Gasteiger partial charge in [-0.1, -0.05) is 24.3 Å². The number of carbonyl (C=O) groups excluding carboxylic acids is 1. The van der Waals surface area contributed by atoms with Crippen molar-refractivity contribution in [3.63, 3.8) is 0 Å². The van der Waals surface area contributed by atoms with Crippen molar-refractivity contribution in [2.45, 2.75) is 11.8 Å². The van der Waals surface area contributed by atoms with Crippen LogP contribution in [0.4, 0.5) is 11.4 Å². The van der Waals surface area contributed by atoms with Crippen LogP contribution in [-0.2, 0) is 10.0 Å². The van der Waals surface area contributed by atoms with Gasteiger partial charge in [-0.2, -0.15) is 0 Å². The van der Waals surface area contributed by atoms with E-state index in [9.17, 15) is 13.2 Å². The predicted octanol–water partition coefficient (Wildman–Crippen LogP) is 3.26. The van der Waals surface area contributed by atoms with E-state index < -0.39 is 10.0 Å². The van der Waals surface area contributed by atoms with E-state index in [1.807, 2.05) is 18.2 Å². The molecule has 0 saturated carbocycles. The Bertz CT molecular complexity index is 1160. The van der Waals surface area contributed by atoms with Gasteiger partial charge in [0.15, 0.2) is 0 Å². The molecular weight excluding hydrogens is 424 g/mol. The predicted molar refractivity (Wildman–Crippen MR) is 125 cm³/mol. The molecular formula is C24H26N4O3S. The third kappa shape index (κ3) is 4.45. The first-order chi connectivity index (χ1) is 15.5. The van der Waals surface area contributed by atoms with Gasteiger partial charge in [-0.25, -0.2) is 8.42 Å². The fraction of sp³-hybridized carbons (Fsp3) is 0.250. The number of hydrogen-bond donors (Lipinski definition) is 0. The van der Waals surface area contributed by atoms with Crippen molar-refractivity contribution in [1.82, 2.24) is 9.88 Å². The number of para-hydroxylation sites is 1. The van der Waals surface area contributed by atoms with Crippen LogP contribution >= 0.6 is 0 Å². The summed E-state index contributed by atoms with van der Waals surface area (Å²) in [6.07, 6.45) is 3.52. The van der Waals surface area contributed by atoms with Crippen molar-refractivity contribution in [2.75, 3.05) is 41.9 Å². The Hall–Kier alpha value is -3.39. The molecule has 0 N–H and O–H groups in total. The highest BCUT2D eigenvalue weighted by Gasteiger charge is 2.26. The molecule has 1 fully saturated rings. The Morgan fingerprint density at radius 3 is 2.28 bits per heavy atom. The van der Waals surface area contributed by atoms with E-state index in [0.717, 1.165) is 5.69 Å². The maximum absolute atomic E-state index is 13.3. The first-order valence-electron chi connectivity index (χ1n) is 10.6. The minimum atomic E-state index is -3.79. The molecule has 0 radical (unpaired) electrons. The Morgan fingerprint density at radius 2 is 1.62 bits per heavy atom. The van der Waals surface area contributed by atoms with Crippen LogP contribution in [0.1, 0.15) is 17.3 Å². The minimum absolute atomic E-state index is 0.115. The molecule has 2 heterocycles. The molecule has 3 aromatic rings. The zero-order valence-electron chi connectivity index (χ0n) is 18.0. The molecule has 166 valence electrons. The number of amides is 1. The molecule has 0 unspecified atom stereocenters. The number of anilines is 2. The van der Waals surface area contributed by atoms with Crippen LogP contribution in [0.15, 0.2) is 84.0 Å². The quantitative estimate of drug-likeness (QED) is 0.576. The number of rotatable bonds is 6. The lowest BCUT2D eigenvalue weighted by Gasteiger charge is -2.36. The van der Waals surface area contributed by atoms with Crippen molar-refractivity contribution >= 4 is 27.3 Å². The average molecular weight is 451 g/mol. The van der Waals surface area contributed by atoms with Gasteiger partial charge in [0.1, 0.15) is 0 Å². The lowest BCUT2D eigenvalue weighted by molar-refractivity contribution is 0.0746. The highest BCUT2D eigenvalue weighted by atomic mass is 32.2. The van der Waals surface area contributed by atoms with Gasteiger partial charge in [-0.05, 0) is 49.4 Å². The van der Waals surface area contributed by atoms with Gasteiger partial charge in [0.2, 0.25) is 0 Å². The monoisotopic (exact) mass is 450 g/mol. The van der Waals surface area contributed by atoms with Crippen molar-refractivity contribution in [3.05, 3.63) is 84.7 Å². The van der Waals surface area contributed by atoms with E-state index in [2.05, 4.69) is 9.88 Å². The largest absolute Gasteiger partial charge is 0.368 e. The van der Waals surface area contributed by atoms with Crippen LogP contribution in [0.25, 0.3) is 0 Å². The zero-order valence-corrected chi connectivity index (χ0v) is 18.8. The second-order valence-electron chi connectivity index (χ2n) is 7.52. The molecule has 1 aliphatic heterocycles. The van der Waals surface area contributed by atoms with Crippen LogP contribution in [-0.4, -0.2) is 56.9 Å². The molecule has 0 atom stereocenters. The summed E-state index contributed by atoms with van der Waals surface area (Å²) in [6, 6.07) is 19.2. The standard InChI is InChI=1S/C24H26N4O3S/c1-2-28(22-8-4-3-5-9-22)32(30,31)23-10-6-7-20(19-23)24(29)27-17-15-26(16-18-27)21-11-13-25-14-12-21/h3-14,19H,2,15-18H2,1H3. The van der Waals surface area contributed by atoms with Crippen LogP contribution in [0.2, 0.25) is 0 Å². The molecule has 1 aromatic heterocycles. The van der Waals surface area contributed by atoms with Crippen molar-refractivity contribution in [3.8, 4) is 0 Å². The molecule has 7 nitrogen and oxygen atoms in total. The molecule has 8 heteroatoms. The van der Waals surface area contributed by atoms with Gasteiger partial charge in [0.25, 0.3) is 15.9 Å². The Kier molecular flexibility index (Phi) is 6.41. The minimum Gasteiger partial charge on any atom is -0.368 e. The number of sulfonamides is 1. The molecule has 2 aromatic carbocycles. The van der Waals surface area contributed by atoms with Crippen LogP contribution in [0.5, 0.6) is 0 Å². The fourth-order valence-electron chi connectivity index (χ4n) is 3.91. The summed E-state index contributed by atoms with van der Waals surface area (Å²) in [5.74, 6) is -0.154. The Labute approximate surface area is 189 Å². The van der Waals surface area contributed by atoms with Gasteiger partial charge in [-0.15, -0.1) is 0 Å². The highest BCUT2D eigenvalue weighted by Crippen LogP contribution is 2.24. The van der Waals surface area contributed by atoms with Gasteiger partial charge in [0, 0.05) is 56.4 Å². The summed E-state index contributed by atoms with van der Waals surface area (Å²) < 4.78 is 28.0. The third-order valence-electron chi connectivity index (χ3n) is 5.60. The van der Waals surface area contributed by atoms with Crippen molar-refractivity contribution in [2.24, 2.45) is 0 Å². The van der Waals surface area contributed by atoms with E-state index in [0.29, 0.717) is 44.0 Å². The van der Waals surface area contributed by atoms with Gasteiger partial charge in [0.05, 0.1) is 10.6 Å². The van der Waals surface area contributed by atoms with Crippen LogP contribution < -0.4 is 9.21 Å². The Balaban J connectivity index is 1.51. The summed E-state index contributed by atoms with van der Waals surface area (Å²) in [5.41, 5.74) is 2.06. The number of benzene rings is 2. The van der Waals surface area contributed by atoms with E-state index in [-0.39, 0.29) is 10.8 Å². The number of pyridine rings is 1. The Morgan fingerprint density at radius 1 is 0.938 bits per heavy atom. The normalized spacial score (nSPS) is 14.3. The first-order valence-corrected chi connectivity index (χ1v) is 12.1. The molecule has 0 spiro atoms. The average Bonchev–Trinajstić information content (AvgIpc) is 2.85.